The van der Waals surface area contributed by atoms with E-state index in [0.717, 1.165) is 16.9 Å². The minimum atomic E-state index is -3.99. The van der Waals surface area contributed by atoms with Gasteiger partial charge in [0.05, 0.1) is 10.9 Å². The quantitative estimate of drug-likeness (QED) is 0.275. The van der Waals surface area contributed by atoms with Gasteiger partial charge in [-0.2, -0.15) is 0 Å². The minimum absolute atomic E-state index is 0.155. The molecule has 168 valence electrons. The summed E-state index contributed by atoms with van der Waals surface area (Å²) in [7, 11) is -3.99. The van der Waals surface area contributed by atoms with Gasteiger partial charge in [-0.15, -0.1) is 0 Å². The Kier molecular flexibility index (Phi) is 7.13. The second-order valence-corrected chi connectivity index (χ2v) is 9.93. The van der Waals surface area contributed by atoms with Crippen LogP contribution in [0.2, 0.25) is 0 Å². The van der Waals surface area contributed by atoms with Gasteiger partial charge in [0.2, 0.25) is 5.96 Å². The van der Waals surface area contributed by atoms with Gasteiger partial charge in [0, 0.05) is 18.5 Å². The number of alkyl halides is 1. The van der Waals surface area contributed by atoms with Crippen LogP contribution >= 0.6 is 0 Å². The standard InChI is InChI=1S/C20H31FN4O4S/c1-11-12(2)18(13(3)14-9-20(4,5)29-17(11)14)30(27,28)25-19(23)24-8-6-7-15(22)16(26)10-21/h15H,6-10,22H2,1-5H3,(H3,23,24,25)/t15-/m0/s1. The molecular weight excluding hydrogens is 411 g/mol. The summed E-state index contributed by atoms with van der Waals surface area (Å²) in [4.78, 5) is 11.3. The highest BCUT2D eigenvalue weighted by Gasteiger charge is 2.36. The molecule has 0 fully saturated rings. The summed E-state index contributed by atoms with van der Waals surface area (Å²) in [5.74, 6) is -0.314. The Balaban J connectivity index is 2.11. The van der Waals surface area contributed by atoms with Crippen LogP contribution in [-0.2, 0) is 21.2 Å². The highest BCUT2D eigenvalue weighted by Crippen LogP contribution is 2.43. The largest absolute Gasteiger partial charge is 0.487 e. The number of Topliss-reactive ketones (excluding diaryl/α,β-unsaturated/α-hetero) is 1. The number of guanidine groups is 1. The van der Waals surface area contributed by atoms with E-state index in [-0.39, 0.29) is 23.8 Å². The number of ether oxygens (including phenoxy) is 1. The lowest BCUT2D eigenvalue weighted by atomic mass is 9.94. The van der Waals surface area contributed by atoms with Crippen molar-refractivity contribution in [1.82, 2.24) is 10.0 Å². The van der Waals surface area contributed by atoms with E-state index in [1.165, 1.54) is 0 Å². The molecule has 1 aromatic carbocycles. The van der Waals surface area contributed by atoms with Gasteiger partial charge in [-0.1, -0.05) is 0 Å². The highest BCUT2D eigenvalue weighted by molar-refractivity contribution is 7.90. The molecule has 1 heterocycles. The maximum Gasteiger partial charge on any atom is 0.264 e. The first-order valence-electron chi connectivity index (χ1n) is 9.82. The molecule has 2 rings (SSSR count). The lowest BCUT2D eigenvalue weighted by Gasteiger charge is -2.19. The zero-order chi connectivity index (χ0) is 22.9. The number of ketones is 1. The number of rotatable bonds is 8. The van der Waals surface area contributed by atoms with Crippen molar-refractivity contribution in [2.75, 3.05) is 13.2 Å². The second kappa shape index (κ2) is 8.89. The maximum absolute atomic E-state index is 13.0. The van der Waals surface area contributed by atoms with Crippen molar-refractivity contribution in [3.63, 3.8) is 0 Å². The molecule has 1 atom stereocenters. The molecule has 1 aromatic rings. The molecule has 5 N–H and O–H groups in total. The Morgan fingerprint density at radius 1 is 1.27 bits per heavy atom. The number of carbonyl (C=O) groups is 1. The molecule has 0 aliphatic carbocycles. The summed E-state index contributed by atoms with van der Waals surface area (Å²) >= 11 is 0. The Bertz CT molecular complexity index is 960. The Morgan fingerprint density at radius 2 is 1.90 bits per heavy atom. The van der Waals surface area contributed by atoms with Gasteiger partial charge in [-0.3, -0.25) is 10.2 Å². The number of halogens is 1. The molecule has 0 aromatic heterocycles. The van der Waals surface area contributed by atoms with E-state index in [9.17, 15) is 17.6 Å². The van der Waals surface area contributed by atoms with E-state index in [4.69, 9.17) is 15.9 Å². The molecule has 1 aliphatic heterocycles. The van der Waals surface area contributed by atoms with Crippen LogP contribution in [0.4, 0.5) is 4.39 Å². The van der Waals surface area contributed by atoms with Crippen molar-refractivity contribution in [1.29, 1.82) is 5.41 Å². The average Bonchev–Trinajstić information content (AvgIpc) is 2.98. The summed E-state index contributed by atoms with van der Waals surface area (Å²) < 4.78 is 46.6. The number of nitrogens with one attached hydrogen (secondary N) is 3. The molecule has 0 radical (unpaired) electrons. The predicted octanol–water partition coefficient (Wildman–Crippen LogP) is 1.77. The van der Waals surface area contributed by atoms with Gasteiger partial charge in [0.1, 0.15) is 18.0 Å². The fraction of sp³-hybridized carbons (Fsp3) is 0.600. The topological polar surface area (TPSA) is 134 Å². The van der Waals surface area contributed by atoms with Crippen molar-refractivity contribution < 1.29 is 22.3 Å². The van der Waals surface area contributed by atoms with Crippen molar-refractivity contribution in [2.24, 2.45) is 5.73 Å². The fourth-order valence-corrected chi connectivity index (χ4v) is 5.19. The monoisotopic (exact) mass is 442 g/mol. The fourth-order valence-electron chi connectivity index (χ4n) is 3.66. The van der Waals surface area contributed by atoms with Crippen LogP contribution in [-0.4, -0.2) is 45.0 Å². The summed E-state index contributed by atoms with van der Waals surface area (Å²) in [5, 5.41) is 10.6. The SMILES string of the molecule is Cc1c(C)c(S(=O)(=O)NC(=N)NCCC[C@H](N)C(=O)CF)c(C)c2c1OC(C)(C)C2. The third-order valence-electron chi connectivity index (χ3n) is 5.34. The minimum Gasteiger partial charge on any atom is -0.487 e. The molecule has 8 nitrogen and oxygen atoms in total. The van der Waals surface area contributed by atoms with Gasteiger partial charge < -0.3 is 15.8 Å². The molecule has 0 bridgehead atoms. The van der Waals surface area contributed by atoms with Crippen molar-refractivity contribution in [3.8, 4) is 5.75 Å². The molecule has 0 amide bonds. The van der Waals surface area contributed by atoms with E-state index in [1.54, 1.807) is 13.8 Å². The van der Waals surface area contributed by atoms with Crippen LogP contribution in [0.15, 0.2) is 4.90 Å². The van der Waals surface area contributed by atoms with Gasteiger partial charge in [0.15, 0.2) is 5.78 Å². The number of hydrogen-bond acceptors (Lipinski definition) is 6. The number of fused-ring (bicyclic) bond motifs is 1. The van der Waals surface area contributed by atoms with Crippen molar-refractivity contribution in [3.05, 3.63) is 22.3 Å². The van der Waals surface area contributed by atoms with Crippen LogP contribution in [0.5, 0.6) is 5.75 Å². The molecular formula is C20H31FN4O4S. The number of carbonyl (C=O) groups excluding carboxylic acids is 1. The van der Waals surface area contributed by atoms with E-state index in [1.807, 2.05) is 20.8 Å². The first-order chi connectivity index (χ1) is 13.8. The van der Waals surface area contributed by atoms with Gasteiger partial charge in [-0.05, 0) is 64.2 Å². The van der Waals surface area contributed by atoms with E-state index < -0.39 is 34.1 Å². The number of benzene rings is 1. The number of nitrogens with two attached hydrogens (primary N) is 1. The van der Waals surface area contributed by atoms with Gasteiger partial charge in [0.25, 0.3) is 10.0 Å². The molecule has 0 spiro atoms. The lowest BCUT2D eigenvalue weighted by Crippen LogP contribution is -2.41. The first kappa shape index (κ1) is 24.1. The Morgan fingerprint density at radius 3 is 2.50 bits per heavy atom. The Labute approximate surface area is 177 Å². The molecule has 0 saturated heterocycles. The summed E-state index contributed by atoms with van der Waals surface area (Å²) in [6.45, 7) is 8.35. The van der Waals surface area contributed by atoms with Crippen molar-refractivity contribution in [2.45, 2.75) is 70.4 Å². The van der Waals surface area contributed by atoms with E-state index in [0.29, 0.717) is 24.0 Å². The second-order valence-electron chi connectivity index (χ2n) is 8.31. The van der Waals surface area contributed by atoms with Crippen LogP contribution in [0, 0.1) is 26.2 Å². The zero-order valence-electron chi connectivity index (χ0n) is 18.1. The average molecular weight is 443 g/mol. The zero-order valence-corrected chi connectivity index (χ0v) is 18.9. The maximum atomic E-state index is 13.0. The third kappa shape index (κ3) is 5.10. The van der Waals surface area contributed by atoms with Crippen molar-refractivity contribution >= 4 is 21.8 Å². The normalized spacial score (nSPS) is 15.8. The van der Waals surface area contributed by atoms with Gasteiger partial charge in [-0.25, -0.2) is 17.5 Å². The van der Waals surface area contributed by atoms with Crippen LogP contribution < -0.4 is 20.5 Å². The smallest absolute Gasteiger partial charge is 0.264 e. The summed E-state index contributed by atoms with van der Waals surface area (Å²) in [5.41, 5.74) is 7.98. The van der Waals surface area contributed by atoms with Gasteiger partial charge >= 0.3 is 0 Å². The molecule has 30 heavy (non-hydrogen) atoms. The molecule has 0 saturated carbocycles. The number of sulfonamides is 1. The highest BCUT2D eigenvalue weighted by atomic mass is 32.2. The first-order valence-corrected chi connectivity index (χ1v) is 11.3. The lowest BCUT2D eigenvalue weighted by molar-refractivity contribution is -0.121. The summed E-state index contributed by atoms with van der Waals surface area (Å²) in [6, 6.07) is -0.895. The third-order valence-corrected chi connectivity index (χ3v) is 6.96. The van der Waals surface area contributed by atoms with E-state index in [2.05, 4.69) is 10.0 Å². The van der Waals surface area contributed by atoms with Crippen LogP contribution in [0.1, 0.15) is 48.9 Å². The van der Waals surface area contributed by atoms with Crippen LogP contribution in [0.25, 0.3) is 0 Å². The number of hydrogen-bond donors (Lipinski definition) is 4. The molecule has 0 unspecified atom stereocenters. The summed E-state index contributed by atoms with van der Waals surface area (Å²) in [6.07, 6.45) is 1.23. The predicted molar refractivity (Wildman–Crippen MR) is 113 cm³/mol. The van der Waals surface area contributed by atoms with E-state index >= 15 is 0 Å². The van der Waals surface area contributed by atoms with Crippen LogP contribution in [0.3, 0.4) is 0 Å². The molecule has 1 aliphatic rings. The Hall–Kier alpha value is -2.20. The molecule has 10 heteroatoms.